The number of benzene rings is 1. The third-order valence-electron chi connectivity index (χ3n) is 4.09. The van der Waals surface area contributed by atoms with E-state index in [0.29, 0.717) is 30.4 Å². The van der Waals surface area contributed by atoms with Crippen LogP contribution in [-0.4, -0.2) is 42.5 Å². The zero-order valence-corrected chi connectivity index (χ0v) is 16.3. The van der Waals surface area contributed by atoms with Crippen LogP contribution in [0.2, 0.25) is 0 Å². The van der Waals surface area contributed by atoms with E-state index in [0.717, 1.165) is 16.1 Å². The number of ether oxygens (including phenoxy) is 1. The van der Waals surface area contributed by atoms with Crippen LogP contribution in [0.25, 0.3) is 0 Å². The molecule has 1 N–H and O–H groups in total. The van der Waals surface area contributed by atoms with E-state index in [2.05, 4.69) is 10.3 Å². The molecular weight excluding hydrogens is 374 g/mol. The van der Waals surface area contributed by atoms with Crippen LogP contribution in [0.4, 0.5) is 5.13 Å². The zero-order valence-electron chi connectivity index (χ0n) is 14.7. The third kappa shape index (κ3) is 4.40. The molecule has 1 aromatic heterocycles. The van der Waals surface area contributed by atoms with Gasteiger partial charge in [0, 0.05) is 24.4 Å². The molecule has 0 fully saturated rings. The van der Waals surface area contributed by atoms with Crippen LogP contribution >= 0.6 is 11.3 Å². The minimum absolute atomic E-state index is 0.0844. The van der Waals surface area contributed by atoms with Crippen LogP contribution in [-0.2, 0) is 27.8 Å². The minimum Gasteiger partial charge on any atom is -0.484 e. The molecule has 1 aliphatic heterocycles. The summed E-state index contributed by atoms with van der Waals surface area (Å²) in [5.41, 5.74) is 1.97. The molecule has 9 heteroatoms. The summed E-state index contributed by atoms with van der Waals surface area (Å²) in [6, 6.07) is 7.46. The Bertz CT molecular complexity index is 891. The predicted octanol–water partition coefficient (Wildman–Crippen LogP) is 2.18. The van der Waals surface area contributed by atoms with Gasteiger partial charge in [-0.3, -0.25) is 10.1 Å². The number of fused-ring (bicyclic) bond motifs is 1. The second kappa shape index (κ2) is 7.73. The van der Waals surface area contributed by atoms with Crippen molar-refractivity contribution in [3.63, 3.8) is 0 Å². The molecule has 7 nitrogen and oxygen atoms in total. The monoisotopic (exact) mass is 395 g/mol. The summed E-state index contributed by atoms with van der Waals surface area (Å²) in [5, 5.41) is 3.20. The van der Waals surface area contributed by atoms with Gasteiger partial charge < -0.3 is 4.74 Å². The Kier molecular flexibility index (Phi) is 5.59. The number of carbonyl (C=O) groups excluding carboxylic acids is 1. The van der Waals surface area contributed by atoms with Gasteiger partial charge in [0.2, 0.25) is 10.0 Å². The van der Waals surface area contributed by atoms with Gasteiger partial charge in [-0.25, -0.2) is 13.4 Å². The van der Waals surface area contributed by atoms with E-state index in [1.807, 2.05) is 31.2 Å². The Hall–Kier alpha value is -1.97. The lowest BCUT2D eigenvalue weighted by molar-refractivity contribution is -0.118. The Morgan fingerprint density at radius 2 is 2.08 bits per heavy atom. The van der Waals surface area contributed by atoms with E-state index in [9.17, 15) is 13.2 Å². The van der Waals surface area contributed by atoms with E-state index < -0.39 is 10.0 Å². The normalized spacial score (nSPS) is 14.7. The van der Waals surface area contributed by atoms with Crippen LogP contribution in [0.15, 0.2) is 24.3 Å². The predicted molar refractivity (Wildman–Crippen MR) is 101 cm³/mol. The molecule has 0 bridgehead atoms. The lowest BCUT2D eigenvalue weighted by Gasteiger charge is -2.24. The van der Waals surface area contributed by atoms with Crippen LogP contribution in [0, 0.1) is 6.92 Å². The van der Waals surface area contributed by atoms with Crippen LogP contribution in [0.1, 0.15) is 23.1 Å². The fourth-order valence-electron chi connectivity index (χ4n) is 2.58. The van der Waals surface area contributed by atoms with Crippen molar-refractivity contribution >= 4 is 32.4 Å². The van der Waals surface area contributed by atoms with Crippen molar-refractivity contribution in [1.29, 1.82) is 0 Å². The number of thiazole rings is 1. The molecule has 0 saturated heterocycles. The molecule has 140 valence electrons. The minimum atomic E-state index is -3.22. The number of hydrogen-bond donors (Lipinski definition) is 1. The lowest BCUT2D eigenvalue weighted by atomic mass is 10.2. The fraction of sp³-hybridized carbons (Fsp3) is 0.412. The van der Waals surface area contributed by atoms with E-state index in [4.69, 9.17) is 4.74 Å². The van der Waals surface area contributed by atoms with Gasteiger partial charge in [-0.2, -0.15) is 4.31 Å². The maximum absolute atomic E-state index is 12.1. The first-order valence-corrected chi connectivity index (χ1v) is 10.8. The quantitative estimate of drug-likeness (QED) is 0.810. The number of aryl methyl sites for hydroxylation is 1. The van der Waals surface area contributed by atoms with Crippen LogP contribution in [0.5, 0.6) is 5.75 Å². The second-order valence-electron chi connectivity index (χ2n) is 6.02. The number of sulfonamides is 1. The average Bonchev–Trinajstić information content (AvgIpc) is 3.02. The third-order valence-corrected chi connectivity index (χ3v) is 6.92. The summed E-state index contributed by atoms with van der Waals surface area (Å²) in [4.78, 5) is 17.3. The number of hydrogen-bond acceptors (Lipinski definition) is 6. The Morgan fingerprint density at radius 3 is 2.77 bits per heavy atom. The topological polar surface area (TPSA) is 88.6 Å². The molecule has 0 spiro atoms. The number of nitrogens with one attached hydrogen (secondary N) is 1. The first-order chi connectivity index (χ1) is 12.4. The van der Waals surface area contributed by atoms with Gasteiger partial charge in [-0.15, -0.1) is 11.3 Å². The number of carbonyl (C=O) groups is 1. The van der Waals surface area contributed by atoms with Gasteiger partial charge in [0.25, 0.3) is 5.91 Å². The van der Waals surface area contributed by atoms with Crippen molar-refractivity contribution < 1.29 is 17.9 Å². The zero-order chi connectivity index (χ0) is 18.7. The highest BCUT2D eigenvalue weighted by Crippen LogP contribution is 2.29. The van der Waals surface area contributed by atoms with Crippen molar-refractivity contribution in [3.05, 3.63) is 40.4 Å². The molecule has 1 aliphatic rings. The summed E-state index contributed by atoms with van der Waals surface area (Å²) in [5.74, 6) is 0.417. The highest BCUT2D eigenvalue weighted by molar-refractivity contribution is 7.89. The smallest absolute Gasteiger partial charge is 0.264 e. The summed E-state index contributed by atoms with van der Waals surface area (Å²) in [6.45, 7) is 4.25. The van der Waals surface area contributed by atoms with Crippen molar-refractivity contribution in [2.45, 2.75) is 26.8 Å². The van der Waals surface area contributed by atoms with Gasteiger partial charge in [0.05, 0.1) is 11.4 Å². The Morgan fingerprint density at radius 1 is 1.35 bits per heavy atom. The molecule has 26 heavy (non-hydrogen) atoms. The number of anilines is 1. The van der Waals surface area contributed by atoms with E-state index in [1.165, 1.54) is 15.6 Å². The van der Waals surface area contributed by atoms with Gasteiger partial charge in [0.1, 0.15) is 5.75 Å². The molecular formula is C17H21N3O4S2. The molecule has 0 saturated carbocycles. The Balaban J connectivity index is 1.58. The number of aromatic nitrogens is 1. The molecule has 0 unspecified atom stereocenters. The van der Waals surface area contributed by atoms with Gasteiger partial charge in [-0.05, 0) is 26.0 Å². The largest absolute Gasteiger partial charge is 0.484 e. The number of amides is 1. The molecule has 3 rings (SSSR count). The maximum atomic E-state index is 12.1. The molecule has 2 aromatic rings. The van der Waals surface area contributed by atoms with Crippen molar-refractivity contribution in [2.75, 3.05) is 24.2 Å². The summed E-state index contributed by atoms with van der Waals surface area (Å²) >= 11 is 1.31. The van der Waals surface area contributed by atoms with Crippen molar-refractivity contribution in [3.8, 4) is 5.75 Å². The van der Waals surface area contributed by atoms with Crippen molar-refractivity contribution in [1.82, 2.24) is 9.29 Å². The molecule has 0 radical (unpaired) electrons. The molecule has 1 amide bonds. The van der Waals surface area contributed by atoms with Crippen molar-refractivity contribution in [2.24, 2.45) is 0 Å². The second-order valence-corrected chi connectivity index (χ2v) is 9.36. The first-order valence-electron chi connectivity index (χ1n) is 8.33. The maximum Gasteiger partial charge on any atom is 0.264 e. The summed E-state index contributed by atoms with van der Waals surface area (Å²) < 4.78 is 30.9. The first kappa shape index (κ1) is 18.8. The standard InChI is InChI=1S/C17H21N3O4S2/c1-3-26(22,23)20-9-8-14-15(10-20)25-17(18-14)19-16(21)11-24-13-6-4-12(2)5-7-13/h4-7H,3,8-11H2,1-2H3,(H,18,19,21). The van der Waals surface area contributed by atoms with Crippen LogP contribution < -0.4 is 10.1 Å². The van der Waals surface area contributed by atoms with E-state index >= 15 is 0 Å². The highest BCUT2D eigenvalue weighted by Gasteiger charge is 2.28. The average molecular weight is 396 g/mol. The summed E-state index contributed by atoms with van der Waals surface area (Å²) in [7, 11) is -3.22. The van der Waals surface area contributed by atoms with Gasteiger partial charge >= 0.3 is 0 Å². The van der Waals surface area contributed by atoms with Gasteiger partial charge in [0.15, 0.2) is 11.7 Å². The number of rotatable bonds is 6. The lowest BCUT2D eigenvalue weighted by Crippen LogP contribution is -2.36. The van der Waals surface area contributed by atoms with Gasteiger partial charge in [-0.1, -0.05) is 17.7 Å². The highest BCUT2D eigenvalue weighted by atomic mass is 32.2. The Labute approximate surface area is 157 Å². The number of nitrogens with zero attached hydrogens (tertiary/aromatic N) is 2. The SMILES string of the molecule is CCS(=O)(=O)N1CCc2nc(NC(=O)COc3ccc(C)cc3)sc2C1. The molecule has 1 aromatic carbocycles. The summed E-state index contributed by atoms with van der Waals surface area (Å²) in [6.07, 6.45) is 0.556. The van der Waals surface area contributed by atoms with E-state index in [1.54, 1.807) is 6.92 Å². The molecule has 0 aliphatic carbocycles. The van der Waals surface area contributed by atoms with E-state index in [-0.39, 0.29) is 18.3 Å². The fourth-order valence-corrected chi connectivity index (χ4v) is 4.77. The molecule has 2 heterocycles. The van der Waals surface area contributed by atoms with Crippen LogP contribution in [0.3, 0.4) is 0 Å². The molecule has 0 atom stereocenters.